The molecule has 72 valence electrons. The summed E-state index contributed by atoms with van der Waals surface area (Å²) in [5.74, 6) is 0. The fourth-order valence-electron chi connectivity index (χ4n) is 1.45. The predicted octanol–water partition coefficient (Wildman–Crippen LogP) is 2.62. The minimum absolute atomic E-state index is 0.466. The molecule has 3 heteroatoms. The average Bonchev–Trinajstić information content (AvgIpc) is 2.63. The second kappa shape index (κ2) is 4.24. The van der Waals surface area contributed by atoms with Crippen molar-refractivity contribution in [1.29, 1.82) is 0 Å². The van der Waals surface area contributed by atoms with Crippen molar-refractivity contribution in [3.63, 3.8) is 0 Å². The number of thiophene rings is 1. The van der Waals surface area contributed by atoms with Gasteiger partial charge in [-0.3, -0.25) is 4.79 Å². The molecule has 2 aromatic rings. The largest absolute Gasteiger partial charge is 0.468 e. The van der Waals surface area contributed by atoms with E-state index in [2.05, 4.69) is 22.2 Å². The molecule has 0 N–H and O–H groups in total. The summed E-state index contributed by atoms with van der Waals surface area (Å²) >= 11 is 1.72. The van der Waals surface area contributed by atoms with Gasteiger partial charge in [0.2, 0.25) is 0 Å². The molecule has 0 aliphatic carbocycles. The summed E-state index contributed by atoms with van der Waals surface area (Å²) < 4.78 is 4.68. The van der Waals surface area contributed by atoms with Gasteiger partial charge in [0.15, 0.2) is 0 Å². The maximum absolute atomic E-state index is 9.98. The SMILES string of the molecule is O=COCCc1scc2ccccc12. The first-order valence-corrected chi connectivity index (χ1v) is 5.30. The normalized spacial score (nSPS) is 10.3. The highest BCUT2D eigenvalue weighted by Gasteiger charge is 2.02. The average molecular weight is 206 g/mol. The summed E-state index contributed by atoms with van der Waals surface area (Å²) in [7, 11) is 0. The predicted molar refractivity (Wildman–Crippen MR) is 57.5 cm³/mol. The van der Waals surface area contributed by atoms with Crippen molar-refractivity contribution in [3.05, 3.63) is 34.5 Å². The molecule has 2 nitrogen and oxygen atoms in total. The molecule has 0 saturated carbocycles. The van der Waals surface area contributed by atoms with Gasteiger partial charge in [0, 0.05) is 11.3 Å². The summed E-state index contributed by atoms with van der Waals surface area (Å²) in [4.78, 5) is 11.3. The van der Waals surface area contributed by atoms with Crippen molar-refractivity contribution < 1.29 is 9.53 Å². The van der Waals surface area contributed by atoms with Crippen LogP contribution in [0.1, 0.15) is 4.88 Å². The second-order valence-electron chi connectivity index (χ2n) is 2.96. The molecule has 1 aromatic heterocycles. The third kappa shape index (κ3) is 1.77. The Morgan fingerprint density at radius 2 is 2.21 bits per heavy atom. The van der Waals surface area contributed by atoms with Crippen molar-refractivity contribution in [3.8, 4) is 0 Å². The second-order valence-corrected chi connectivity index (χ2v) is 3.93. The molecule has 0 aliphatic rings. The molecule has 0 fully saturated rings. The Morgan fingerprint density at radius 1 is 1.36 bits per heavy atom. The van der Waals surface area contributed by atoms with Crippen LogP contribution in [-0.4, -0.2) is 13.1 Å². The Bertz CT molecular complexity index is 434. The molecular weight excluding hydrogens is 196 g/mol. The van der Waals surface area contributed by atoms with Crippen LogP contribution in [-0.2, 0) is 16.0 Å². The first-order valence-electron chi connectivity index (χ1n) is 4.42. The topological polar surface area (TPSA) is 26.3 Å². The molecule has 0 radical (unpaired) electrons. The summed E-state index contributed by atoms with van der Waals surface area (Å²) in [5.41, 5.74) is 0. The molecule has 1 aromatic carbocycles. The van der Waals surface area contributed by atoms with Crippen LogP contribution in [0.3, 0.4) is 0 Å². The van der Waals surface area contributed by atoms with Gasteiger partial charge < -0.3 is 4.74 Å². The van der Waals surface area contributed by atoms with Crippen LogP contribution in [0, 0.1) is 0 Å². The van der Waals surface area contributed by atoms with Crippen molar-refractivity contribution >= 4 is 28.6 Å². The fraction of sp³-hybridized carbons (Fsp3) is 0.182. The lowest BCUT2D eigenvalue weighted by atomic mass is 10.1. The van der Waals surface area contributed by atoms with Gasteiger partial charge >= 0.3 is 0 Å². The van der Waals surface area contributed by atoms with Gasteiger partial charge in [-0.15, -0.1) is 11.3 Å². The molecule has 14 heavy (non-hydrogen) atoms. The van der Waals surface area contributed by atoms with Crippen LogP contribution in [0.25, 0.3) is 10.8 Å². The van der Waals surface area contributed by atoms with Crippen LogP contribution in [0.4, 0.5) is 0 Å². The van der Waals surface area contributed by atoms with Crippen molar-refractivity contribution in [2.24, 2.45) is 0 Å². The first kappa shape index (κ1) is 9.21. The number of carbonyl (C=O) groups excluding carboxylic acids is 1. The molecule has 2 rings (SSSR count). The van der Waals surface area contributed by atoms with Crippen LogP contribution in [0.5, 0.6) is 0 Å². The van der Waals surface area contributed by atoms with E-state index in [0.29, 0.717) is 13.1 Å². The number of hydrogen-bond acceptors (Lipinski definition) is 3. The third-order valence-corrected chi connectivity index (χ3v) is 3.18. The highest BCUT2D eigenvalue weighted by molar-refractivity contribution is 7.11. The van der Waals surface area contributed by atoms with E-state index in [1.54, 1.807) is 11.3 Å². The maximum atomic E-state index is 9.98. The third-order valence-electron chi connectivity index (χ3n) is 2.10. The summed E-state index contributed by atoms with van der Waals surface area (Å²) in [6.45, 7) is 0.962. The summed E-state index contributed by atoms with van der Waals surface area (Å²) in [5, 5.41) is 4.66. The van der Waals surface area contributed by atoms with Gasteiger partial charge in [-0.1, -0.05) is 24.3 Å². The number of benzene rings is 1. The lowest BCUT2D eigenvalue weighted by molar-refractivity contribution is -0.128. The Labute approximate surface area is 86.1 Å². The van der Waals surface area contributed by atoms with Crippen LogP contribution >= 0.6 is 11.3 Å². The smallest absolute Gasteiger partial charge is 0.293 e. The Balaban J connectivity index is 2.20. The summed E-state index contributed by atoms with van der Waals surface area (Å²) in [6, 6.07) is 8.25. The fourth-order valence-corrected chi connectivity index (χ4v) is 2.43. The van der Waals surface area contributed by atoms with Gasteiger partial charge in [0.1, 0.15) is 0 Å². The van der Waals surface area contributed by atoms with E-state index in [4.69, 9.17) is 0 Å². The highest BCUT2D eigenvalue weighted by atomic mass is 32.1. The van der Waals surface area contributed by atoms with Crippen LogP contribution in [0.2, 0.25) is 0 Å². The molecule has 0 unspecified atom stereocenters. The number of ether oxygens (including phenoxy) is 1. The number of rotatable bonds is 4. The molecule has 0 atom stereocenters. The standard InChI is InChI=1S/C11H10O2S/c12-8-13-6-5-11-10-4-2-1-3-9(10)7-14-11/h1-4,7-8H,5-6H2. The van der Waals surface area contributed by atoms with Crippen molar-refractivity contribution in [2.45, 2.75) is 6.42 Å². The lowest BCUT2D eigenvalue weighted by Gasteiger charge is -1.97. The minimum Gasteiger partial charge on any atom is -0.468 e. The van der Waals surface area contributed by atoms with Gasteiger partial charge in [0.25, 0.3) is 6.47 Å². The number of fused-ring (bicyclic) bond motifs is 1. The van der Waals surface area contributed by atoms with E-state index in [0.717, 1.165) is 6.42 Å². The monoisotopic (exact) mass is 206 g/mol. The zero-order valence-electron chi connectivity index (χ0n) is 7.60. The molecule has 0 bridgehead atoms. The van der Waals surface area contributed by atoms with E-state index in [-0.39, 0.29) is 0 Å². The molecule has 0 saturated heterocycles. The van der Waals surface area contributed by atoms with E-state index in [1.165, 1.54) is 15.6 Å². The van der Waals surface area contributed by atoms with Crippen LogP contribution < -0.4 is 0 Å². The van der Waals surface area contributed by atoms with E-state index in [1.807, 2.05) is 12.1 Å². The Kier molecular flexibility index (Phi) is 2.79. The van der Waals surface area contributed by atoms with Crippen LogP contribution in [0.15, 0.2) is 29.6 Å². The molecule has 0 spiro atoms. The lowest BCUT2D eigenvalue weighted by Crippen LogP contribution is -1.94. The highest BCUT2D eigenvalue weighted by Crippen LogP contribution is 2.25. The Morgan fingerprint density at radius 3 is 3.07 bits per heavy atom. The van der Waals surface area contributed by atoms with Gasteiger partial charge in [-0.05, 0) is 16.2 Å². The maximum Gasteiger partial charge on any atom is 0.293 e. The number of carbonyl (C=O) groups is 1. The number of hydrogen-bond donors (Lipinski definition) is 0. The van der Waals surface area contributed by atoms with E-state index < -0.39 is 0 Å². The van der Waals surface area contributed by atoms with Gasteiger partial charge in [0.05, 0.1) is 6.61 Å². The molecule has 0 amide bonds. The molecular formula is C11H10O2S. The minimum atomic E-state index is 0.466. The molecule has 0 aliphatic heterocycles. The van der Waals surface area contributed by atoms with Crippen molar-refractivity contribution in [2.75, 3.05) is 6.61 Å². The van der Waals surface area contributed by atoms with E-state index in [9.17, 15) is 4.79 Å². The van der Waals surface area contributed by atoms with Gasteiger partial charge in [-0.2, -0.15) is 0 Å². The summed E-state index contributed by atoms with van der Waals surface area (Å²) in [6.07, 6.45) is 0.803. The van der Waals surface area contributed by atoms with E-state index >= 15 is 0 Å². The Hall–Kier alpha value is -1.35. The quantitative estimate of drug-likeness (QED) is 0.567. The molecule has 1 heterocycles. The first-order chi connectivity index (χ1) is 6.92. The zero-order valence-corrected chi connectivity index (χ0v) is 8.42. The van der Waals surface area contributed by atoms with Gasteiger partial charge in [-0.25, -0.2) is 0 Å². The zero-order chi connectivity index (χ0) is 9.80. The van der Waals surface area contributed by atoms with Crippen molar-refractivity contribution in [1.82, 2.24) is 0 Å².